The van der Waals surface area contributed by atoms with Crippen LogP contribution in [0.25, 0.3) is 33.1 Å². The molecule has 0 saturated heterocycles. The van der Waals surface area contributed by atoms with Crippen molar-refractivity contribution < 1.29 is 14.2 Å². The number of rotatable bonds is 6. The molecule has 0 amide bonds. The lowest BCUT2D eigenvalue weighted by atomic mass is 10.0. The first kappa shape index (κ1) is 22.8. The van der Waals surface area contributed by atoms with Gasteiger partial charge in [0, 0.05) is 17.5 Å². The third-order valence-corrected chi connectivity index (χ3v) is 7.35. The van der Waals surface area contributed by atoms with Gasteiger partial charge in [0.1, 0.15) is 35.8 Å². The van der Waals surface area contributed by atoms with E-state index >= 15 is 0 Å². The summed E-state index contributed by atoms with van der Waals surface area (Å²) in [5, 5.41) is 0.933. The minimum Gasteiger partial charge on any atom is -0.491 e. The second kappa shape index (κ2) is 9.20. The Hall–Kier alpha value is -4.33. The quantitative estimate of drug-likeness (QED) is 0.317. The minimum atomic E-state index is 0.566. The Morgan fingerprint density at radius 2 is 1.92 bits per heavy atom. The summed E-state index contributed by atoms with van der Waals surface area (Å²) in [7, 11) is 1.67. The summed E-state index contributed by atoms with van der Waals surface area (Å²) < 4.78 is 18.0. The zero-order chi connectivity index (χ0) is 25.6. The van der Waals surface area contributed by atoms with Crippen LogP contribution in [0.4, 0.5) is 5.82 Å². The van der Waals surface area contributed by atoms with E-state index in [1.54, 1.807) is 13.4 Å². The van der Waals surface area contributed by atoms with Gasteiger partial charge in [-0.2, -0.15) is 0 Å². The van der Waals surface area contributed by atoms with Crippen LogP contribution in [0.2, 0.25) is 0 Å². The van der Waals surface area contributed by atoms with Crippen LogP contribution in [-0.2, 0) is 6.54 Å². The third-order valence-electron chi connectivity index (χ3n) is 7.35. The van der Waals surface area contributed by atoms with Gasteiger partial charge >= 0.3 is 0 Å². The van der Waals surface area contributed by atoms with E-state index < -0.39 is 0 Å². The SMILES string of the molecule is COc1c(OCC2CC2)ccc2c(N3CCOc4ccc(-c5ccc6nc(C)[nH]c6c5)cc4C3)ncnc12. The lowest BCUT2D eigenvalue weighted by Gasteiger charge is -2.23. The standard InChI is InChI=1S/C30H29N5O3/c1-18-33-24-8-5-21(14-25(24)34-18)20-6-9-26-22(13-20)15-35(11-12-37-26)30-23-7-10-27(38-16-19-3-4-19)29(36-2)28(23)31-17-32-30/h5-10,13-14,17,19H,3-4,11-12,15-16H2,1-2H3,(H,33,34). The van der Waals surface area contributed by atoms with Gasteiger partial charge in [-0.05, 0) is 73.2 Å². The van der Waals surface area contributed by atoms with Gasteiger partial charge in [0.2, 0.25) is 0 Å². The first-order valence-electron chi connectivity index (χ1n) is 13.1. The van der Waals surface area contributed by atoms with Crippen molar-refractivity contribution in [1.29, 1.82) is 0 Å². The van der Waals surface area contributed by atoms with Gasteiger partial charge in [0.25, 0.3) is 0 Å². The number of ether oxygens (including phenoxy) is 3. The number of hydrogen-bond donors (Lipinski definition) is 1. The Balaban J connectivity index is 1.23. The van der Waals surface area contributed by atoms with Crippen molar-refractivity contribution in [3.8, 4) is 28.4 Å². The molecule has 3 heterocycles. The van der Waals surface area contributed by atoms with Gasteiger partial charge in [-0.25, -0.2) is 15.0 Å². The number of imidazole rings is 1. The second-order valence-electron chi connectivity index (χ2n) is 10.1. The van der Waals surface area contributed by atoms with Gasteiger partial charge in [0.05, 0.1) is 31.3 Å². The molecule has 1 aliphatic carbocycles. The van der Waals surface area contributed by atoms with Gasteiger partial charge in [-0.3, -0.25) is 0 Å². The molecular weight excluding hydrogens is 478 g/mol. The number of aromatic amines is 1. The number of methoxy groups -OCH3 is 1. The molecule has 2 aliphatic rings. The highest BCUT2D eigenvalue weighted by Crippen LogP contribution is 2.40. The molecule has 7 rings (SSSR count). The molecule has 0 bridgehead atoms. The van der Waals surface area contributed by atoms with Crippen LogP contribution in [0.3, 0.4) is 0 Å². The van der Waals surface area contributed by atoms with Crippen molar-refractivity contribution in [3.63, 3.8) is 0 Å². The number of fused-ring (bicyclic) bond motifs is 3. The predicted molar refractivity (Wildman–Crippen MR) is 147 cm³/mol. The van der Waals surface area contributed by atoms with Crippen LogP contribution in [0, 0.1) is 12.8 Å². The molecule has 5 aromatic rings. The summed E-state index contributed by atoms with van der Waals surface area (Å²) in [6.07, 6.45) is 4.08. The van der Waals surface area contributed by atoms with Crippen molar-refractivity contribution in [2.45, 2.75) is 26.3 Å². The zero-order valence-electron chi connectivity index (χ0n) is 21.5. The average molecular weight is 508 g/mol. The monoisotopic (exact) mass is 507 g/mol. The van der Waals surface area contributed by atoms with Crippen LogP contribution in [0.1, 0.15) is 24.2 Å². The first-order valence-corrected chi connectivity index (χ1v) is 13.1. The Morgan fingerprint density at radius 3 is 2.79 bits per heavy atom. The fourth-order valence-electron chi connectivity index (χ4n) is 5.20. The van der Waals surface area contributed by atoms with E-state index in [4.69, 9.17) is 19.2 Å². The molecular formula is C30H29N5O3. The van der Waals surface area contributed by atoms with E-state index in [0.29, 0.717) is 31.4 Å². The number of aromatic nitrogens is 4. The third kappa shape index (κ3) is 4.16. The smallest absolute Gasteiger partial charge is 0.187 e. The summed E-state index contributed by atoms with van der Waals surface area (Å²) in [6, 6.07) is 16.8. The molecule has 0 unspecified atom stereocenters. The van der Waals surface area contributed by atoms with E-state index in [9.17, 15) is 0 Å². The van der Waals surface area contributed by atoms with Crippen LogP contribution >= 0.6 is 0 Å². The molecule has 192 valence electrons. The van der Waals surface area contributed by atoms with Crippen molar-refractivity contribution in [2.75, 3.05) is 31.8 Å². The van der Waals surface area contributed by atoms with E-state index in [0.717, 1.165) is 68.4 Å². The first-order chi connectivity index (χ1) is 18.7. The Labute approximate surface area is 220 Å². The molecule has 1 aliphatic heterocycles. The molecule has 2 aromatic heterocycles. The number of nitrogens with zero attached hydrogens (tertiary/aromatic N) is 4. The number of anilines is 1. The van der Waals surface area contributed by atoms with Gasteiger partial charge in [0.15, 0.2) is 11.5 Å². The topological polar surface area (TPSA) is 85.4 Å². The Kier molecular flexibility index (Phi) is 5.53. The maximum Gasteiger partial charge on any atom is 0.187 e. The zero-order valence-corrected chi connectivity index (χ0v) is 21.5. The van der Waals surface area contributed by atoms with Crippen LogP contribution < -0.4 is 19.1 Å². The van der Waals surface area contributed by atoms with Crippen molar-refractivity contribution >= 4 is 27.8 Å². The molecule has 0 spiro atoms. The normalized spacial score (nSPS) is 15.3. The number of H-pyrrole nitrogens is 1. The predicted octanol–water partition coefficient (Wildman–Crippen LogP) is 5.68. The minimum absolute atomic E-state index is 0.566. The van der Waals surface area contributed by atoms with E-state index in [1.807, 2.05) is 19.1 Å². The molecule has 0 atom stereocenters. The lowest BCUT2D eigenvalue weighted by Crippen LogP contribution is -2.26. The fourth-order valence-corrected chi connectivity index (χ4v) is 5.20. The van der Waals surface area contributed by atoms with Crippen LogP contribution in [-0.4, -0.2) is 46.8 Å². The second-order valence-corrected chi connectivity index (χ2v) is 10.1. The molecule has 8 nitrogen and oxygen atoms in total. The molecule has 0 radical (unpaired) electrons. The number of benzene rings is 3. The maximum absolute atomic E-state index is 6.16. The van der Waals surface area contributed by atoms with Crippen LogP contribution in [0.5, 0.6) is 17.2 Å². The van der Waals surface area contributed by atoms with Crippen molar-refractivity contribution in [2.24, 2.45) is 5.92 Å². The highest BCUT2D eigenvalue weighted by atomic mass is 16.5. The Bertz CT molecular complexity index is 1660. The highest BCUT2D eigenvalue weighted by molar-refractivity contribution is 5.95. The summed E-state index contributed by atoms with van der Waals surface area (Å²) in [4.78, 5) is 19.4. The largest absolute Gasteiger partial charge is 0.491 e. The number of hydrogen-bond acceptors (Lipinski definition) is 7. The average Bonchev–Trinajstić information content (AvgIpc) is 3.72. The molecule has 1 N–H and O–H groups in total. The van der Waals surface area contributed by atoms with Crippen molar-refractivity contribution in [3.05, 3.63) is 66.2 Å². The number of nitrogens with one attached hydrogen (secondary N) is 1. The van der Waals surface area contributed by atoms with Gasteiger partial charge < -0.3 is 24.1 Å². The summed E-state index contributed by atoms with van der Waals surface area (Å²) in [6.45, 7) is 4.63. The van der Waals surface area contributed by atoms with E-state index in [-0.39, 0.29) is 0 Å². The molecule has 8 heteroatoms. The summed E-state index contributed by atoms with van der Waals surface area (Å²) >= 11 is 0. The fraction of sp³-hybridized carbons (Fsp3) is 0.300. The molecule has 1 saturated carbocycles. The van der Waals surface area contributed by atoms with E-state index in [1.165, 1.54) is 12.8 Å². The summed E-state index contributed by atoms with van der Waals surface area (Å²) in [5.74, 6) is 4.72. The summed E-state index contributed by atoms with van der Waals surface area (Å²) in [5.41, 5.74) is 6.15. The van der Waals surface area contributed by atoms with Gasteiger partial charge in [-0.15, -0.1) is 0 Å². The van der Waals surface area contributed by atoms with Gasteiger partial charge in [-0.1, -0.05) is 12.1 Å². The highest BCUT2D eigenvalue weighted by Gasteiger charge is 2.25. The maximum atomic E-state index is 6.16. The van der Waals surface area contributed by atoms with E-state index in [2.05, 4.69) is 56.3 Å². The molecule has 38 heavy (non-hydrogen) atoms. The lowest BCUT2D eigenvalue weighted by molar-refractivity contribution is 0.281. The molecule has 3 aromatic carbocycles. The van der Waals surface area contributed by atoms with Crippen molar-refractivity contribution in [1.82, 2.24) is 19.9 Å². The number of aryl methyl sites for hydroxylation is 1. The Morgan fingerprint density at radius 1 is 1.05 bits per heavy atom. The van der Waals surface area contributed by atoms with Crippen LogP contribution in [0.15, 0.2) is 54.9 Å². The molecule has 1 fully saturated rings.